The highest BCUT2D eigenvalue weighted by atomic mass is 32.1. The average Bonchev–Trinajstić information content (AvgIpc) is 2.87. The van der Waals surface area contributed by atoms with Crippen molar-refractivity contribution in [2.24, 2.45) is 0 Å². The first-order valence-electron chi connectivity index (χ1n) is 5.31. The lowest BCUT2D eigenvalue weighted by atomic mass is 10.2. The van der Waals surface area contributed by atoms with Gasteiger partial charge in [-0.25, -0.2) is 14.8 Å². The van der Waals surface area contributed by atoms with Gasteiger partial charge in [-0.2, -0.15) is 13.2 Å². The van der Waals surface area contributed by atoms with Crippen LogP contribution in [0.2, 0.25) is 0 Å². The molecule has 5 nitrogen and oxygen atoms in total. The molecule has 0 aliphatic rings. The summed E-state index contributed by atoms with van der Waals surface area (Å²) in [7, 11) is 0. The fraction of sp³-hybridized carbons (Fsp3) is 0.182. The highest BCUT2D eigenvalue weighted by molar-refractivity contribution is 7.09. The number of pyridine rings is 1. The molecule has 0 aromatic carbocycles. The van der Waals surface area contributed by atoms with Gasteiger partial charge in [0.1, 0.15) is 22.1 Å². The molecule has 2 aromatic rings. The fourth-order valence-electron chi connectivity index (χ4n) is 1.42. The summed E-state index contributed by atoms with van der Waals surface area (Å²) in [5, 5.41) is 13.8. The summed E-state index contributed by atoms with van der Waals surface area (Å²) >= 11 is 1.30. The van der Waals surface area contributed by atoms with Gasteiger partial charge in [0.25, 0.3) is 0 Å². The van der Waals surface area contributed by atoms with E-state index < -0.39 is 17.8 Å². The van der Waals surface area contributed by atoms with E-state index in [1.165, 1.54) is 11.3 Å². The minimum Gasteiger partial charge on any atom is -0.478 e. The Morgan fingerprint density at radius 1 is 1.40 bits per heavy atom. The van der Waals surface area contributed by atoms with Gasteiger partial charge in [-0.3, -0.25) is 0 Å². The molecule has 2 rings (SSSR count). The standard InChI is InChI=1S/C11H8F3N3O2S/c12-11(13,14)7-2-1-6(10(18)19)9(17-7)16-5-8-15-3-4-20-8/h1-4H,5H2,(H,16,17)(H,18,19). The van der Waals surface area contributed by atoms with Crippen LogP contribution in [0.3, 0.4) is 0 Å². The number of thiazole rings is 1. The lowest BCUT2D eigenvalue weighted by Crippen LogP contribution is -2.14. The lowest BCUT2D eigenvalue weighted by molar-refractivity contribution is -0.141. The van der Waals surface area contributed by atoms with E-state index >= 15 is 0 Å². The molecule has 0 fully saturated rings. The minimum atomic E-state index is -4.63. The molecule has 0 unspecified atom stereocenters. The number of nitrogens with one attached hydrogen (secondary N) is 1. The van der Waals surface area contributed by atoms with Gasteiger partial charge in [0.05, 0.1) is 6.54 Å². The summed E-state index contributed by atoms with van der Waals surface area (Å²) in [6, 6.07) is 1.51. The smallest absolute Gasteiger partial charge is 0.433 e. The Morgan fingerprint density at radius 2 is 2.15 bits per heavy atom. The van der Waals surface area contributed by atoms with Crippen molar-refractivity contribution in [1.29, 1.82) is 0 Å². The van der Waals surface area contributed by atoms with Crippen molar-refractivity contribution in [3.8, 4) is 0 Å². The third-order valence-electron chi connectivity index (χ3n) is 2.31. The SMILES string of the molecule is O=C(O)c1ccc(C(F)(F)F)nc1NCc1nccs1. The van der Waals surface area contributed by atoms with E-state index in [0.29, 0.717) is 11.1 Å². The van der Waals surface area contributed by atoms with Crippen molar-refractivity contribution in [1.82, 2.24) is 9.97 Å². The lowest BCUT2D eigenvalue weighted by Gasteiger charge is -2.11. The Morgan fingerprint density at radius 3 is 2.70 bits per heavy atom. The van der Waals surface area contributed by atoms with E-state index in [1.54, 1.807) is 11.6 Å². The second-order valence-corrected chi connectivity index (χ2v) is 4.65. The summed E-state index contributed by atoms with van der Waals surface area (Å²) in [5.74, 6) is -1.68. The number of carboxylic acids is 1. The first kappa shape index (κ1) is 14.3. The highest BCUT2D eigenvalue weighted by Crippen LogP contribution is 2.29. The number of alkyl halides is 3. The molecule has 0 atom stereocenters. The van der Waals surface area contributed by atoms with Crippen molar-refractivity contribution >= 4 is 23.1 Å². The number of anilines is 1. The van der Waals surface area contributed by atoms with E-state index in [1.807, 2.05) is 0 Å². The zero-order valence-corrected chi connectivity index (χ0v) is 10.6. The second-order valence-electron chi connectivity index (χ2n) is 3.67. The second kappa shape index (κ2) is 5.45. The van der Waals surface area contributed by atoms with Crippen LogP contribution in [0.1, 0.15) is 21.1 Å². The zero-order valence-electron chi connectivity index (χ0n) is 9.81. The van der Waals surface area contributed by atoms with Crippen molar-refractivity contribution < 1.29 is 23.1 Å². The maximum atomic E-state index is 12.6. The van der Waals surface area contributed by atoms with Crippen LogP contribution in [0.5, 0.6) is 0 Å². The van der Waals surface area contributed by atoms with Crippen LogP contribution >= 0.6 is 11.3 Å². The number of hydrogen-bond donors (Lipinski definition) is 2. The summed E-state index contributed by atoms with van der Waals surface area (Å²) < 4.78 is 37.7. The number of halogens is 3. The molecule has 0 aliphatic heterocycles. The Kier molecular flexibility index (Phi) is 3.89. The zero-order chi connectivity index (χ0) is 14.8. The molecule has 0 saturated carbocycles. The number of carbonyl (C=O) groups is 1. The first-order chi connectivity index (χ1) is 9.38. The van der Waals surface area contributed by atoms with E-state index in [0.717, 1.165) is 6.07 Å². The Bertz CT molecular complexity index is 614. The molecule has 0 radical (unpaired) electrons. The third-order valence-corrected chi connectivity index (χ3v) is 3.09. The molecule has 9 heteroatoms. The average molecular weight is 303 g/mol. The number of rotatable bonds is 4. The summed E-state index contributed by atoms with van der Waals surface area (Å²) in [5.41, 5.74) is -1.47. The molecule has 106 valence electrons. The summed E-state index contributed by atoms with van der Waals surface area (Å²) in [4.78, 5) is 18.2. The monoisotopic (exact) mass is 303 g/mol. The van der Waals surface area contributed by atoms with Crippen LogP contribution in [0.4, 0.5) is 19.0 Å². The molecule has 2 heterocycles. The van der Waals surface area contributed by atoms with Gasteiger partial charge in [-0.1, -0.05) is 0 Å². The number of aromatic carboxylic acids is 1. The van der Waals surface area contributed by atoms with Crippen molar-refractivity contribution in [3.05, 3.63) is 40.0 Å². The van der Waals surface area contributed by atoms with Crippen LogP contribution in [-0.4, -0.2) is 21.0 Å². The van der Waals surface area contributed by atoms with Crippen LogP contribution in [0.25, 0.3) is 0 Å². The van der Waals surface area contributed by atoms with Crippen molar-refractivity contribution in [3.63, 3.8) is 0 Å². The quantitative estimate of drug-likeness (QED) is 0.908. The van der Waals surface area contributed by atoms with Crippen molar-refractivity contribution in [2.45, 2.75) is 12.7 Å². The molecule has 20 heavy (non-hydrogen) atoms. The predicted octanol–water partition coefficient (Wildman–Crippen LogP) is 2.87. The summed E-state index contributed by atoms with van der Waals surface area (Å²) in [6.45, 7) is 0.103. The summed E-state index contributed by atoms with van der Waals surface area (Å²) in [6.07, 6.45) is -3.09. The van der Waals surface area contributed by atoms with Gasteiger partial charge < -0.3 is 10.4 Å². The molecular formula is C11H8F3N3O2S. The third kappa shape index (κ3) is 3.23. The van der Waals surface area contributed by atoms with Crippen LogP contribution in [0, 0.1) is 0 Å². The Labute approximate surface area is 115 Å². The van der Waals surface area contributed by atoms with E-state index in [2.05, 4.69) is 15.3 Å². The van der Waals surface area contributed by atoms with E-state index in [-0.39, 0.29) is 17.9 Å². The molecule has 0 saturated heterocycles. The van der Waals surface area contributed by atoms with Gasteiger partial charge >= 0.3 is 12.1 Å². The van der Waals surface area contributed by atoms with Gasteiger partial charge in [0.15, 0.2) is 0 Å². The molecule has 2 aromatic heterocycles. The van der Waals surface area contributed by atoms with Gasteiger partial charge in [0.2, 0.25) is 0 Å². The largest absolute Gasteiger partial charge is 0.478 e. The predicted molar refractivity (Wildman–Crippen MR) is 65.6 cm³/mol. The topological polar surface area (TPSA) is 75.1 Å². The molecule has 0 aliphatic carbocycles. The van der Waals surface area contributed by atoms with Gasteiger partial charge in [-0.15, -0.1) is 11.3 Å². The van der Waals surface area contributed by atoms with Gasteiger partial charge in [-0.05, 0) is 12.1 Å². The van der Waals surface area contributed by atoms with Crippen LogP contribution in [0.15, 0.2) is 23.7 Å². The molecule has 2 N–H and O–H groups in total. The first-order valence-corrected chi connectivity index (χ1v) is 6.19. The molecular weight excluding hydrogens is 295 g/mol. The number of carboxylic acid groups (broad SMARTS) is 1. The number of aromatic nitrogens is 2. The van der Waals surface area contributed by atoms with E-state index in [9.17, 15) is 18.0 Å². The molecule has 0 spiro atoms. The Hall–Kier alpha value is -2.16. The van der Waals surface area contributed by atoms with E-state index in [4.69, 9.17) is 5.11 Å². The fourth-order valence-corrected chi connectivity index (χ4v) is 1.98. The van der Waals surface area contributed by atoms with Crippen LogP contribution < -0.4 is 5.32 Å². The number of hydrogen-bond acceptors (Lipinski definition) is 5. The van der Waals surface area contributed by atoms with Crippen LogP contribution in [-0.2, 0) is 12.7 Å². The highest BCUT2D eigenvalue weighted by Gasteiger charge is 2.33. The van der Waals surface area contributed by atoms with Gasteiger partial charge in [0, 0.05) is 11.6 Å². The maximum Gasteiger partial charge on any atom is 0.433 e. The Balaban J connectivity index is 2.29. The number of nitrogens with zero attached hydrogens (tertiary/aromatic N) is 2. The molecule has 0 bridgehead atoms. The maximum absolute atomic E-state index is 12.6. The molecule has 0 amide bonds. The van der Waals surface area contributed by atoms with Crippen molar-refractivity contribution in [2.75, 3.05) is 5.32 Å². The minimum absolute atomic E-state index is 0.103. The normalized spacial score (nSPS) is 11.3.